The van der Waals surface area contributed by atoms with Gasteiger partial charge in [0, 0.05) is 40.0 Å². The van der Waals surface area contributed by atoms with E-state index in [2.05, 4.69) is 132 Å². The molecule has 0 saturated heterocycles. The van der Waals surface area contributed by atoms with E-state index in [1.165, 1.54) is 33.3 Å². The Morgan fingerprint density at radius 3 is 2.32 bits per heavy atom. The third-order valence-electron chi connectivity index (χ3n) is 7.58. The Hall–Kier alpha value is -4.70. The molecule has 0 amide bonds. The number of nitrogens with zero attached hydrogens (tertiary/aromatic N) is 4. The number of para-hydroxylation sites is 2. The highest BCUT2D eigenvalue weighted by Crippen LogP contribution is 2.36. The van der Waals surface area contributed by atoms with Gasteiger partial charge in [-0.05, 0) is 56.3 Å². The topological polar surface area (TPSA) is 35.6 Å². The molecule has 0 bridgehead atoms. The molecule has 2 aliphatic carbocycles. The summed E-state index contributed by atoms with van der Waals surface area (Å²) < 4.78 is 4.60. The molecule has 0 fully saturated rings. The van der Waals surface area contributed by atoms with Crippen LogP contribution in [-0.2, 0) is 6.42 Å². The van der Waals surface area contributed by atoms with Crippen LogP contribution in [0.3, 0.4) is 0 Å². The lowest BCUT2D eigenvalue weighted by Gasteiger charge is -2.15. The Kier molecular flexibility index (Phi) is 5.33. The van der Waals surface area contributed by atoms with Gasteiger partial charge < -0.3 is 4.57 Å². The van der Waals surface area contributed by atoms with Crippen molar-refractivity contribution in [2.24, 2.45) is 0 Å². The molecule has 184 valence electrons. The van der Waals surface area contributed by atoms with E-state index < -0.39 is 0 Å². The summed E-state index contributed by atoms with van der Waals surface area (Å²) in [6.07, 6.45) is 14.1. The lowest BCUT2D eigenvalue weighted by Crippen LogP contribution is -2.07. The molecule has 0 spiro atoms. The summed E-state index contributed by atoms with van der Waals surface area (Å²) in [4.78, 5) is 0. The average Bonchev–Trinajstić information content (AvgIpc) is 3.56. The molecule has 2 aromatic heterocycles. The molecule has 0 N–H and O–H groups in total. The first kappa shape index (κ1) is 22.5. The second-order valence-electron chi connectivity index (χ2n) is 10.1. The lowest BCUT2D eigenvalue weighted by molar-refractivity contribution is 0.831. The van der Waals surface area contributed by atoms with Gasteiger partial charge >= 0.3 is 0 Å². The third-order valence-corrected chi connectivity index (χ3v) is 7.58. The zero-order valence-electron chi connectivity index (χ0n) is 21.5. The van der Waals surface area contributed by atoms with E-state index in [1.54, 1.807) is 0 Å². The Morgan fingerprint density at radius 1 is 0.763 bits per heavy atom. The maximum atomic E-state index is 4.72. The number of hydrogen-bond acceptors (Lipinski definition) is 2. The summed E-state index contributed by atoms with van der Waals surface area (Å²) in [5.41, 5.74) is 9.65. The van der Waals surface area contributed by atoms with Crippen molar-refractivity contribution in [1.82, 2.24) is 19.3 Å². The van der Waals surface area contributed by atoms with Crippen LogP contribution >= 0.6 is 0 Å². The second kappa shape index (κ2) is 9.00. The predicted molar refractivity (Wildman–Crippen MR) is 156 cm³/mol. The number of rotatable bonds is 4. The molecule has 1 unspecified atom stereocenters. The molecule has 0 aliphatic heterocycles. The highest BCUT2D eigenvalue weighted by atomic mass is 15.3. The molecule has 3 aromatic carbocycles. The first-order chi connectivity index (χ1) is 18.7. The van der Waals surface area contributed by atoms with Crippen LogP contribution in [0, 0.1) is 0 Å². The normalized spacial score (nSPS) is 16.4. The van der Waals surface area contributed by atoms with Crippen LogP contribution in [0.15, 0.2) is 120 Å². The van der Waals surface area contributed by atoms with Crippen molar-refractivity contribution in [3.05, 3.63) is 137 Å². The molecular weight excluding hydrogens is 464 g/mol. The van der Waals surface area contributed by atoms with Gasteiger partial charge in [0.1, 0.15) is 5.82 Å². The maximum absolute atomic E-state index is 4.72. The first-order valence-electron chi connectivity index (χ1n) is 13.1. The van der Waals surface area contributed by atoms with Crippen LogP contribution in [0.4, 0.5) is 0 Å². The molecule has 5 aromatic rings. The van der Waals surface area contributed by atoms with Crippen molar-refractivity contribution in [3.63, 3.8) is 0 Å². The molecule has 1 atom stereocenters. The van der Waals surface area contributed by atoms with Gasteiger partial charge in [-0.25, -0.2) is 0 Å². The molecule has 2 heterocycles. The van der Waals surface area contributed by atoms with E-state index in [0.29, 0.717) is 0 Å². The summed E-state index contributed by atoms with van der Waals surface area (Å²) in [6.45, 7) is 4.31. The first-order valence-corrected chi connectivity index (χ1v) is 13.1. The zero-order chi connectivity index (χ0) is 25.6. The van der Waals surface area contributed by atoms with Gasteiger partial charge in [0.2, 0.25) is 0 Å². The predicted octanol–water partition coefficient (Wildman–Crippen LogP) is 7.99. The van der Waals surface area contributed by atoms with Crippen LogP contribution in [-0.4, -0.2) is 19.3 Å². The van der Waals surface area contributed by atoms with E-state index in [0.717, 1.165) is 35.0 Å². The fourth-order valence-corrected chi connectivity index (χ4v) is 5.86. The summed E-state index contributed by atoms with van der Waals surface area (Å²) in [5, 5.41) is 10.7. The summed E-state index contributed by atoms with van der Waals surface area (Å²) in [7, 11) is 0. The van der Waals surface area contributed by atoms with E-state index in [9.17, 15) is 0 Å². The average molecular weight is 493 g/mol. The van der Waals surface area contributed by atoms with Crippen molar-refractivity contribution in [1.29, 1.82) is 0 Å². The number of aromatic nitrogens is 4. The Bertz CT molecular complexity index is 1790. The Labute approximate surface area is 222 Å². The van der Waals surface area contributed by atoms with Crippen LogP contribution < -0.4 is 0 Å². The summed E-state index contributed by atoms with van der Waals surface area (Å²) in [5.74, 6) is 1.92. The molecule has 4 nitrogen and oxygen atoms in total. The van der Waals surface area contributed by atoms with Gasteiger partial charge in [0.25, 0.3) is 0 Å². The minimum absolute atomic E-state index is 0.124. The summed E-state index contributed by atoms with van der Waals surface area (Å²) >= 11 is 0. The Balaban J connectivity index is 1.36. The minimum Gasteiger partial charge on any atom is -0.313 e. The largest absolute Gasteiger partial charge is 0.313 e. The molecule has 2 aliphatic rings. The molecular formula is C34H28N4. The zero-order valence-corrected chi connectivity index (χ0v) is 21.5. The van der Waals surface area contributed by atoms with E-state index >= 15 is 0 Å². The number of benzene rings is 3. The number of fused-ring (bicyclic) bond motifs is 3. The highest BCUT2D eigenvalue weighted by Gasteiger charge is 2.25. The third kappa shape index (κ3) is 3.60. The molecule has 7 rings (SSSR count). The van der Waals surface area contributed by atoms with Crippen LogP contribution in [0.5, 0.6) is 0 Å². The number of hydrogen-bond donors (Lipinski definition) is 0. The number of allylic oxidation sites excluding steroid dienone is 7. The van der Waals surface area contributed by atoms with Crippen LogP contribution in [0.2, 0.25) is 0 Å². The van der Waals surface area contributed by atoms with Crippen LogP contribution in [0.1, 0.15) is 36.8 Å². The fourth-order valence-electron chi connectivity index (χ4n) is 5.86. The van der Waals surface area contributed by atoms with Gasteiger partial charge in [-0.15, -0.1) is 10.2 Å². The molecule has 4 heteroatoms. The van der Waals surface area contributed by atoms with E-state index in [4.69, 9.17) is 10.2 Å². The lowest BCUT2D eigenvalue weighted by atomic mass is 10.0. The highest BCUT2D eigenvalue weighted by molar-refractivity contribution is 5.93. The van der Waals surface area contributed by atoms with Crippen LogP contribution in [0.25, 0.3) is 39.7 Å². The van der Waals surface area contributed by atoms with Crippen molar-refractivity contribution >= 4 is 17.0 Å². The van der Waals surface area contributed by atoms with Crippen molar-refractivity contribution in [2.45, 2.75) is 26.2 Å². The SMILES string of the molecule is CC1=CC(c2nnc(-c3ccc(-n4c5c(c6ccccc64)C=CC=CC5)cc3)n2-c2ccccc2)C(C)=C1. The standard InChI is InChI=1S/C34H28N4/c1-23-21-24(2)30(22-23)34-36-35-33(38(34)26-11-5-3-6-12-26)25-17-19-27(20-18-25)37-31-15-8-4-7-13-28(31)29-14-9-10-16-32(29)37/h3-14,16-22,30H,15H2,1-2H3. The van der Waals surface area contributed by atoms with Gasteiger partial charge in [0.15, 0.2) is 5.82 Å². The monoisotopic (exact) mass is 492 g/mol. The Morgan fingerprint density at radius 2 is 1.53 bits per heavy atom. The second-order valence-corrected chi connectivity index (χ2v) is 10.1. The van der Waals surface area contributed by atoms with Crippen molar-refractivity contribution in [2.75, 3.05) is 0 Å². The minimum atomic E-state index is 0.124. The van der Waals surface area contributed by atoms with Gasteiger partial charge in [-0.3, -0.25) is 4.57 Å². The van der Waals surface area contributed by atoms with E-state index in [1.807, 2.05) is 6.07 Å². The quantitative estimate of drug-likeness (QED) is 0.255. The molecule has 0 radical (unpaired) electrons. The van der Waals surface area contributed by atoms with E-state index in [-0.39, 0.29) is 5.92 Å². The van der Waals surface area contributed by atoms with Crippen molar-refractivity contribution < 1.29 is 0 Å². The summed E-state index contributed by atoms with van der Waals surface area (Å²) in [6, 6.07) is 27.8. The van der Waals surface area contributed by atoms with Gasteiger partial charge in [0.05, 0.1) is 11.4 Å². The molecule has 0 saturated carbocycles. The van der Waals surface area contributed by atoms with Gasteiger partial charge in [-0.1, -0.05) is 84.0 Å². The molecule has 38 heavy (non-hydrogen) atoms. The maximum Gasteiger partial charge on any atom is 0.168 e. The van der Waals surface area contributed by atoms with Gasteiger partial charge in [-0.2, -0.15) is 0 Å². The fraction of sp³-hybridized carbons (Fsp3) is 0.118. The van der Waals surface area contributed by atoms with Crippen molar-refractivity contribution in [3.8, 4) is 22.8 Å². The smallest absolute Gasteiger partial charge is 0.168 e.